The van der Waals surface area contributed by atoms with E-state index in [4.69, 9.17) is 0 Å². The molecule has 1 aliphatic heterocycles. The van der Waals surface area contributed by atoms with Crippen molar-refractivity contribution in [3.8, 4) is 0 Å². The third kappa shape index (κ3) is 2.75. The summed E-state index contributed by atoms with van der Waals surface area (Å²) in [5.74, 6) is -0.993. The fraction of sp³-hybridized carbons (Fsp3) is 0. The van der Waals surface area contributed by atoms with Gasteiger partial charge in [0.25, 0.3) is 0 Å². The Bertz CT molecular complexity index is 910. The van der Waals surface area contributed by atoms with Gasteiger partial charge in [-0.25, -0.2) is 14.8 Å². The molecule has 0 aliphatic carbocycles. The predicted molar refractivity (Wildman–Crippen MR) is 101 cm³/mol. The van der Waals surface area contributed by atoms with E-state index in [9.17, 15) is 9.59 Å². The predicted octanol–water partition coefficient (Wildman–Crippen LogP) is 3.75. The number of guanidine groups is 1. The number of rotatable bonds is 3. The van der Waals surface area contributed by atoms with Gasteiger partial charge in [0.15, 0.2) is 0 Å². The summed E-state index contributed by atoms with van der Waals surface area (Å²) < 4.78 is 0. The minimum absolute atomic E-state index is 0.267. The van der Waals surface area contributed by atoms with Crippen LogP contribution in [0.1, 0.15) is 0 Å². The van der Waals surface area contributed by atoms with Crippen molar-refractivity contribution >= 4 is 34.8 Å². The number of hydrogen-bond donors (Lipinski definition) is 0. The molecule has 2 amide bonds. The molecule has 0 spiro atoms. The van der Waals surface area contributed by atoms with Gasteiger partial charge in [-0.1, -0.05) is 54.6 Å². The van der Waals surface area contributed by atoms with Crippen molar-refractivity contribution in [2.75, 3.05) is 9.80 Å². The quantitative estimate of drug-likeness (QED) is 0.681. The van der Waals surface area contributed by atoms with E-state index in [1.165, 1.54) is 9.80 Å². The summed E-state index contributed by atoms with van der Waals surface area (Å²) in [7, 11) is 0. The van der Waals surface area contributed by atoms with Gasteiger partial charge in [0.05, 0.1) is 17.1 Å². The number of carbonyl (C=O) groups is 2. The maximum absolute atomic E-state index is 12.7. The van der Waals surface area contributed by atoms with Crippen LogP contribution in [-0.4, -0.2) is 17.8 Å². The van der Waals surface area contributed by atoms with Crippen LogP contribution in [0.3, 0.4) is 0 Å². The molecule has 1 heterocycles. The number of benzene rings is 3. The molecule has 26 heavy (non-hydrogen) atoms. The van der Waals surface area contributed by atoms with Gasteiger partial charge in [0.2, 0.25) is 5.96 Å². The second kappa shape index (κ2) is 6.64. The van der Waals surface area contributed by atoms with Gasteiger partial charge < -0.3 is 0 Å². The first-order valence-corrected chi connectivity index (χ1v) is 8.18. The van der Waals surface area contributed by atoms with Gasteiger partial charge in [0.1, 0.15) is 0 Å². The number of nitrogens with zero attached hydrogens (tertiary/aromatic N) is 3. The molecule has 5 heteroatoms. The molecule has 3 aromatic carbocycles. The van der Waals surface area contributed by atoms with Gasteiger partial charge >= 0.3 is 11.8 Å². The van der Waals surface area contributed by atoms with Gasteiger partial charge in [-0.3, -0.25) is 9.59 Å². The zero-order valence-corrected chi connectivity index (χ0v) is 13.8. The molecule has 1 fully saturated rings. The molecule has 0 radical (unpaired) electrons. The van der Waals surface area contributed by atoms with Gasteiger partial charge in [-0.05, 0) is 36.4 Å². The van der Waals surface area contributed by atoms with Crippen LogP contribution in [0.4, 0.5) is 17.1 Å². The molecule has 1 saturated heterocycles. The minimum Gasteiger partial charge on any atom is -0.262 e. The fourth-order valence-electron chi connectivity index (χ4n) is 2.81. The standard InChI is InChI=1S/C21H15N3O2/c25-19-20(26)24(18-14-8-3-9-15-18)21(22-16-10-4-1-5-11-16)23(19)17-12-6-2-7-13-17/h1-15H. The minimum atomic E-state index is -0.630. The summed E-state index contributed by atoms with van der Waals surface area (Å²) in [6.45, 7) is 0. The summed E-state index contributed by atoms with van der Waals surface area (Å²) in [6, 6.07) is 27.4. The molecule has 3 aromatic rings. The number of para-hydroxylation sites is 3. The lowest BCUT2D eigenvalue weighted by atomic mass is 10.3. The highest BCUT2D eigenvalue weighted by Gasteiger charge is 2.44. The zero-order chi connectivity index (χ0) is 17.9. The fourth-order valence-corrected chi connectivity index (χ4v) is 2.81. The van der Waals surface area contributed by atoms with Crippen LogP contribution in [0, 0.1) is 0 Å². The molecule has 0 N–H and O–H groups in total. The Kier molecular flexibility index (Phi) is 4.03. The van der Waals surface area contributed by atoms with E-state index in [0.29, 0.717) is 17.1 Å². The molecule has 4 rings (SSSR count). The van der Waals surface area contributed by atoms with Crippen LogP contribution >= 0.6 is 0 Å². The van der Waals surface area contributed by atoms with E-state index in [0.717, 1.165) is 0 Å². The SMILES string of the molecule is O=C1C(=O)N(c2ccccc2)C(=Nc2ccccc2)N1c1ccccc1. The number of anilines is 2. The third-order valence-electron chi connectivity index (χ3n) is 4.00. The lowest BCUT2D eigenvalue weighted by Crippen LogP contribution is -2.35. The van der Waals surface area contributed by atoms with Gasteiger partial charge in [-0.2, -0.15) is 0 Å². The summed E-state index contributed by atoms with van der Waals surface area (Å²) in [5, 5.41) is 0. The van der Waals surface area contributed by atoms with Crippen molar-refractivity contribution in [2.24, 2.45) is 4.99 Å². The molecular weight excluding hydrogens is 326 g/mol. The van der Waals surface area contributed by atoms with Crippen LogP contribution in [0.2, 0.25) is 0 Å². The molecule has 1 aliphatic rings. The number of aliphatic imine (C=N–C) groups is 1. The van der Waals surface area contributed by atoms with E-state index in [2.05, 4.69) is 4.99 Å². The number of carbonyl (C=O) groups excluding carboxylic acids is 2. The Balaban J connectivity index is 1.90. The average Bonchev–Trinajstić information content (AvgIpc) is 2.94. The van der Waals surface area contributed by atoms with Crippen LogP contribution in [0.15, 0.2) is 96.0 Å². The molecular formula is C21H15N3O2. The van der Waals surface area contributed by atoms with Crippen molar-refractivity contribution in [1.82, 2.24) is 0 Å². The lowest BCUT2D eigenvalue weighted by molar-refractivity contribution is -0.133. The number of amides is 2. The highest BCUT2D eigenvalue weighted by atomic mass is 16.2. The highest BCUT2D eigenvalue weighted by Crippen LogP contribution is 2.28. The molecule has 0 atom stereocenters. The second-order valence-corrected chi connectivity index (χ2v) is 5.70. The van der Waals surface area contributed by atoms with Gasteiger partial charge in [0, 0.05) is 0 Å². The normalized spacial score (nSPS) is 14.1. The first-order valence-electron chi connectivity index (χ1n) is 8.18. The molecule has 0 unspecified atom stereocenters. The smallest absolute Gasteiger partial charge is 0.262 e. The first kappa shape index (κ1) is 15.8. The highest BCUT2D eigenvalue weighted by molar-refractivity contribution is 6.61. The first-order chi connectivity index (χ1) is 12.8. The van der Waals surface area contributed by atoms with Crippen molar-refractivity contribution in [3.05, 3.63) is 91.0 Å². The second-order valence-electron chi connectivity index (χ2n) is 5.70. The van der Waals surface area contributed by atoms with Crippen molar-refractivity contribution < 1.29 is 9.59 Å². The van der Waals surface area contributed by atoms with Crippen LogP contribution in [-0.2, 0) is 9.59 Å². The lowest BCUT2D eigenvalue weighted by Gasteiger charge is -2.20. The third-order valence-corrected chi connectivity index (χ3v) is 4.00. The average molecular weight is 341 g/mol. The maximum Gasteiger partial charge on any atom is 0.324 e. The van der Waals surface area contributed by atoms with Crippen molar-refractivity contribution in [3.63, 3.8) is 0 Å². The maximum atomic E-state index is 12.7. The molecule has 5 nitrogen and oxygen atoms in total. The van der Waals surface area contributed by atoms with Gasteiger partial charge in [-0.15, -0.1) is 0 Å². The van der Waals surface area contributed by atoms with Crippen LogP contribution in [0.25, 0.3) is 0 Å². The van der Waals surface area contributed by atoms with E-state index in [1.54, 1.807) is 24.3 Å². The molecule has 126 valence electrons. The zero-order valence-electron chi connectivity index (χ0n) is 13.8. The Morgan fingerprint density at radius 1 is 0.538 bits per heavy atom. The van der Waals surface area contributed by atoms with E-state index in [-0.39, 0.29) is 5.96 Å². The van der Waals surface area contributed by atoms with Crippen LogP contribution < -0.4 is 9.80 Å². The Labute approximate surface area is 150 Å². The largest absolute Gasteiger partial charge is 0.324 e. The molecule has 0 saturated carbocycles. The van der Waals surface area contributed by atoms with E-state index in [1.807, 2.05) is 66.7 Å². The summed E-state index contributed by atoms with van der Waals surface area (Å²) in [6.07, 6.45) is 0. The topological polar surface area (TPSA) is 53.0 Å². The summed E-state index contributed by atoms with van der Waals surface area (Å²) >= 11 is 0. The van der Waals surface area contributed by atoms with Crippen LogP contribution in [0.5, 0.6) is 0 Å². The Morgan fingerprint density at radius 2 is 0.923 bits per heavy atom. The molecule has 0 aromatic heterocycles. The Hall–Kier alpha value is -3.73. The summed E-state index contributed by atoms with van der Waals surface area (Å²) in [4.78, 5) is 32.8. The van der Waals surface area contributed by atoms with E-state index >= 15 is 0 Å². The van der Waals surface area contributed by atoms with Crippen molar-refractivity contribution in [1.29, 1.82) is 0 Å². The summed E-state index contributed by atoms with van der Waals surface area (Å²) in [5.41, 5.74) is 1.85. The molecule has 0 bridgehead atoms. The Morgan fingerprint density at radius 3 is 1.35 bits per heavy atom. The monoisotopic (exact) mass is 341 g/mol. The number of hydrogen-bond acceptors (Lipinski definition) is 3. The van der Waals surface area contributed by atoms with Crippen molar-refractivity contribution in [2.45, 2.75) is 0 Å². The van der Waals surface area contributed by atoms with E-state index < -0.39 is 11.8 Å².